The van der Waals surface area contributed by atoms with Crippen LogP contribution in [0.3, 0.4) is 0 Å². The molecule has 0 radical (unpaired) electrons. The third-order valence-electron chi connectivity index (χ3n) is 5.21. The van der Waals surface area contributed by atoms with Crippen LogP contribution in [0.4, 0.5) is 17.1 Å². The lowest BCUT2D eigenvalue weighted by Crippen LogP contribution is -2.32. The van der Waals surface area contributed by atoms with Crippen LogP contribution in [-0.4, -0.2) is 25.0 Å². The monoisotopic (exact) mass is 365 g/mol. The van der Waals surface area contributed by atoms with Gasteiger partial charge in [0.05, 0.1) is 0 Å². The van der Waals surface area contributed by atoms with Crippen LogP contribution < -0.4 is 15.5 Å². The van der Waals surface area contributed by atoms with Crippen LogP contribution in [0.1, 0.15) is 51.5 Å². The van der Waals surface area contributed by atoms with Crippen molar-refractivity contribution in [1.82, 2.24) is 0 Å². The number of nitrogens with zero attached hydrogens (tertiary/aromatic N) is 1. The Kier molecular flexibility index (Phi) is 6.38. The van der Waals surface area contributed by atoms with E-state index in [4.69, 9.17) is 0 Å². The average molecular weight is 366 g/mol. The zero-order chi connectivity index (χ0) is 19.2. The summed E-state index contributed by atoms with van der Waals surface area (Å²) in [5, 5.41) is 6.27. The Hall–Kier alpha value is -2.49. The second-order valence-electron chi connectivity index (χ2n) is 7.73. The molecule has 2 aromatic rings. The Morgan fingerprint density at radius 1 is 0.852 bits per heavy atom. The third-order valence-corrected chi connectivity index (χ3v) is 5.21. The number of benzene rings is 2. The fourth-order valence-electron chi connectivity index (χ4n) is 3.44. The molecule has 1 unspecified atom stereocenters. The Balaban J connectivity index is 1.54. The first-order valence-corrected chi connectivity index (χ1v) is 10.1. The molecule has 3 rings (SSSR count). The van der Waals surface area contributed by atoms with Crippen LogP contribution >= 0.6 is 0 Å². The lowest BCUT2D eigenvalue weighted by molar-refractivity contribution is -0.116. The molecule has 1 atom stereocenters. The molecule has 4 heteroatoms. The van der Waals surface area contributed by atoms with E-state index in [0.29, 0.717) is 5.92 Å². The second kappa shape index (κ2) is 8.94. The van der Waals surface area contributed by atoms with E-state index in [1.807, 2.05) is 31.2 Å². The first-order valence-electron chi connectivity index (χ1n) is 10.1. The lowest BCUT2D eigenvalue weighted by atomic mass is 10.0. The van der Waals surface area contributed by atoms with Gasteiger partial charge in [-0.15, -0.1) is 0 Å². The normalized spacial score (nSPS) is 15.5. The highest BCUT2D eigenvalue weighted by atomic mass is 16.2. The van der Waals surface area contributed by atoms with Crippen LogP contribution in [0.2, 0.25) is 0 Å². The van der Waals surface area contributed by atoms with Crippen molar-refractivity contribution in [3.8, 4) is 0 Å². The molecule has 1 aliphatic heterocycles. The Morgan fingerprint density at radius 3 is 2.04 bits per heavy atom. The van der Waals surface area contributed by atoms with Crippen LogP contribution in [0.15, 0.2) is 48.5 Å². The minimum absolute atomic E-state index is 0.0336. The predicted octanol–water partition coefficient (Wildman–Crippen LogP) is 5.24. The highest BCUT2D eigenvalue weighted by molar-refractivity contribution is 5.96. The highest BCUT2D eigenvalue weighted by Crippen LogP contribution is 2.22. The number of rotatable bonds is 6. The number of hydrogen-bond acceptors (Lipinski definition) is 3. The zero-order valence-corrected chi connectivity index (χ0v) is 16.7. The average Bonchev–Trinajstić information content (AvgIpc) is 2.69. The quantitative estimate of drug-likeness (QED) is 0.736. The minimum Gasteiger partial charge on any atom is -0.374 e. The SMILES string of the molecule is CC(Nc1ccc(C(C)C)cc1)C(=O)Nc1ccc(N2CCCCC2)cc1. The molecular formula is C23H31N3O. The van der Waals surface area contributed by atoms with Crippen LogP contribution in [-0.2, 0) is 4.79 Å². The van der Waals surface area contributed by atoms with Crippen molar-refractivity contribution in [1.29, 1.82) is 0 Å². The van der Waals surface area contributed by atoms with Gasteiger partial charge in [0.15, 0.2) is 0 Å². The lowest BCUT2D eigenvalue weighted by Gasteiger charge is -2.28. The molecule has 1 amide bonds. The molecule has 1 heterocycles. The zero-order valence-electron chi connectivity index (χ0n) is 16.7. The Morgan fingerprint density at radius 2 is 1.44 bits per heavy atom. The molecule has 0 aromatic heterocycles. The molecule has 144 valence electrons. The molecule has 2 aromatic carbocycles. The number of amides is 1. The summed E-state index contributed by atoms with van der Waals surface area (Å²) in [5.74, 6) is 0.473. The number of hydrogen-bond donors (Lipinski definition) is 2. The van der Waals surface area contributed by atoms with E-state index in [-0.39, 0.29) is 11.9 Å². The summed E-state index contributed by atoms with van der Waals surface area (Å²) in [7, 11) is 0. The highest BCUT2D eigenvalue weighted by Gasteiger charge is 2.14. The van der Waals surface area contributed by atoms with Crippen molar-refractivity contribution in [3.05, 3.63) is 54.1 Å². The number of piperidine rings is 1. The Labute approximate surface area is 163 Å². The van der Waals surface area contributed by atoms with E-state index < -0.39 is 0 Å². The summed E-state index contributed by atoms with van der Waals surface area (Å²) < 4.78 is 0. The Bertz CT molecular complexity index is 731. The summed E-state index contributed by atoms with van der Waals surface area (Å²) in [6, 6.07) is 16.2. The van der Waals surface area contributed by atoms with Crippen LogP contribution in [0.25, 0.3) is 0 Å². The molecule has 0 saturated carbocycles. The van der Waals surface area contributed by atoms with Crippen LogP contribution in [0.5, 0.6) is 0 Å². The van der Waals surface area contributed by atoms with Gasteiger partial charge in [-0.05, 0) is 74.1 Å². The summed E-state index contributed by atoms with van der Waals surface area (Å²) in [4.78, 5) is 14.9. The summed E-state index contributed by atoms with van der Waals surface area (Å²) >= 11 is 0. The maximum absolute atomic E-state index is 12.5. The number of carbonyl (C=O) groups is 1. The van der Waals surface area contributed by atoms with Crippen molar-refractivity contribution in [3.63, 3.8) is 0 Å². The van der Waals surface area contributed by atoms with Gasteiger partial charge in [0.1, 0.15) is 6.04 Å². The number of anilines is 3. The van der Waals surface area contributed by atoms with E-state index in [9.17, 15) is 4.79 Å². The summed E-state index contributed by atoms with van der Waals surface area (Å²) in [5.41, 5.74) is 4.34. The maximum Gasteiger partial charge on any atom is 0.246 e. The van der Waals surface area contributed by atoms with Crippen molar-refractivity contribution < 1.29 is 4.79 Å². The molecule has 1 fully saturated rings. The minimum atomic E-state index is -0.309. The van der Waals surface area contributed by atoms with Gasteiger partial charge in [-0.2, -0.15) is 0 Å². The molecule has 4 nitrogen and oxygen atoms in total. The molecule has 1 aliphatic rings. The van der Waals surface area contributed by atoms with Gasteiger partial charge >= 0.3 is 0 Å². The van der Waals surface area contributed by atoms with Crippen molar-refractivity contribution in [2.24, 2.45) is 0 Å². The van der Waals surface area contributed by atoms with Gasteiger partial charge in [-0.25, -0.2) is 0 Å². The first-order chi connectivity index (χ1) is 13.0. The van der Waals surface area contributed by atoms with Crippen molar-refractivity contribution >= 4 is 23.0 Å². The molecule has 27 heavy (non-hydrogen) atoms. The van der Waals surface area contributed by atoms with Gasteiger partial charge in [-0.3, -0.25) is 4.79 Å². The summed E-state index contributed by atoms with van der Waals surface area (Å²) in [6.45, 7) is 8.49. The standard InChI is InChI=1S/C23H31N3O/c1-17(2)19-7-9-20(10-8-19)24-18(3)23(27)25-21-11-13-22(14-12-21)26-15-5-4-6-16-26/h7-14,17-18,24H,4-6,15-16H2,1-3H3,(H,25,27). The van der Waals surface area contributed by atoms with Crippen molar-refractivity contribution in [2.75, 3.05) is 28.6 Å². The third kappa shape index (κ3) is 5.25. The van der Waals surface area contributed by atoms with Gasteiger partial charge < -0.3 is 15.5 Å². The van der Waals surface area contributed by atoms with E-state index in [1.165, 1.54) is 30.5 Å². The predicted molar refractivity (Wildman–Crippen MR) is 115 cm³/mol. The van der Waals surface area contributed by atoms with E-state index in [1.54, 1.807) is 0 Å². The topological polar surface area (TPSA) is 44.4 Å². The van der Waals surface area contributed by atoms with E-state index >= 15 is 0 Å². The van der Waals surface area contributed by atoms with Gasteiger partial charge in [0.25, 0.3) is 0 Å². The smallest absolute Gasteiger partial charge is 0.246 e. The van der Waals surface area contributed by atoms with Crippen LogP contribution in [0, 0.1) is 0 Å². The summed E-state index contributed by atoms with van der Waals surface area (Å²) in [6.07, 6.45) is 3.86. The molecule has 0 spiro atoms. The second-order valence-corrected chi connectivity index (χ2v) is 7.73. The maximum atomic E-state index is 12.5. The first kappa shape index (κ1) is 19.3. The fourth-order valence-corrected chi connectivity index (χ4v) is 3.44. The molecule has 2 N–H and O–H groups in total. The van der Waals surface area contributed by atoms with Gasteiger partial charge in [-0.1, -0.05) is 26.0 Å². The van der Waals surface area contributed by atoms with Crippen molar-refractivity contribution in [2.45, 2.75) is 52.0 Å². The fraction of sp³-hybridized carbons (Fsp3) is 0.435. The van der Waals surface area contributed by atoms with E-state index in [2.05, 4.69) is 53.6 Å². The molecular weight excluding hydrogens is 334 g/mol. The number of carbonyl (C=O) groups excluding carboxylic acids is 1. The van der Waals surface area contributed by atoms with Gasteiger partial charge in [0.2, 0.25) is 5.91 Å². The number of nitrogens with one attached hydrogen (secondary N) is 2. The molecule has 0 aliphatic carbocycles. The molecule has 0 bridgehead atoms. The van der Waals surface area contributed by atoms with E-state index in [0.717, 1.165) is 24.5 Å². The largest absolute Gasteiger partial charge is 0.374 e. The molecule has 1 saturated heterocycles. The van der Waals surface area contributed by atoms with Gasteiger partial charge in [0, 0.05) is 30.2 Å².